The SMILES string of the molecule is C[C@H](Nc1nccc(-n2cnc3cc(NCC4CCCN4)ccc32)n1)c1cccc([NH2+]O)c1. The van der Waals surface area contributed by atoms with Crippen molar-refractivity contribution in [1.29, 1.82) is 0 Å². The van der Waals surface area contributed by atoms with Crippen LogP contribution in [-0.2, 0) is 0 Å². The number of nitrogens with one attached hydrogen (secondary N) is 3. The number of nitrogens with two attached hydrogens (primary N) is 1. The third-order valence-electron chi connectivity index (χ3n) is 6.06. The number of benzene rings is 2. The number of hydrogen-bond acceptors (Lipinski definition) is 7. The van der Waals surface area contributed by atoms with Gasteiger partial charge < -0.3 is 16.0 Å². The van der Waals surface area contributed by atoms with E-state index in [1.165, 1.54) is 12.8 Å². The van der Waals surface area contributed by atoms with Gasteiger partial charge in [-0.3, -0.25) is 4.57 Å². The van der Waals surface area contributed by atoms with Crippen molar-refractivity contribution >= 4 is 28.4 Å². The lowest BCUT2D eigenvalue weighted by Crippen LogP contribution is -2.73. The van der Waals surface area contributed by atoms with Crippen LogP contribution >= 0.6 is 0 Å². The van der Waals surface area contributed by atoms with Crippen LogP contribution in [0, 0.1) is 0 Å². The summed E-state index contributed by atoms with van der Waals surface area (Å²) in [6.45, 7) is 4.07. The second-order valence-corrected chi connectivity index (χ2v) is 8.40. The molecule has 2 atom stereocenters. The monoisotopic (exact) mass is 445 g/mol. The Balaban J connectivity index is 1.32. The van der Waals surface area contributed by atoms with Crippen molar-refractivity contribution in [2.24, 2.45) is 0 Å². The van der Waals surface area contributed by atoms with Crippen molar-refractivity contribution in [2.75, 3.05) is 23.7 Å². The Morgan fingerprint density at radius 2 is 2.15 bits per heavy atom. The van der Waals surface area contributed by atoms with E-state index < -0.39 is 0 Å². The molecule has 5 rings (SSSR count). The maximum Gasteiger partial charge on any atom is 0.225 e. The first-order valence-electron chi connectivity index (χ1n) is 11.3. The molecule has 1 aliphatic rings. The summed E-state index contributed by atoms with van der Waals surface area (Å²) in [5.74, 6) is 1.28. The van der Waals surface area contributed by atoms with Crippen LogP contribution in [0.1, 0.15) is 31.4 Å². The highest BCUT2D eigenvalue weighted by molar-refractivity contribution is 5.81. The quantitative estimate of drug-likeness (QED) is 0.209. The average Bonchev–Trinajstić information content (AvgIpc) is 3.52. The van der Waals surface area contributed by atoms with E-state index in [0.717, 1.165) is 52.4 Å². The average molecular weight is 446 g/mol. The molecule has 2 aromatic heterocycles. The summed E-state index contributed by atoms with van der Waals surface area (Å²) < 4.78 is 1.97. The van der Waals surface area contributed by atoms with Crippen molar-refractivity contribution < 1.29 is 10.7 Å². The lowest BCUT2D eigenvalue weighted by molar-refractivity contribution is -0.825. The number of hydrogen-bond donors (Lipinski definition) is 5. The number of nitrogens with zero attached hydrogens (tertiary/aromatic N) is 4. The zero-order valence-electron chi connectivity index (χ0n) is 18.6. The molecule has 1 saturated heterocycles. The van der Waals surface area contributed by atoms with Crippen LogP contribution in [-0.4, -0.2) is 43.9 Å². The molecule has 9 nitrogen and oxygen atoms in total. The molecule has 0 radical (unpaired) electrons. The lowest BCUT2D eigenvalue weighted by atomic mass is 10.1. The molecule has 3 heterocycles. The Hall–Kier alpha value is -3.53. The maximum absolute atomic E-state index is 9.27. The number of rotatable bonds is 8. The Morgan fingerprint density at radius 3 is 3.00 bits per heavy atom. The summed E-state index contributed by atoms with van der Waals surface area (Å²) in [6.07, 6.45) is 6.00. The largest absolute Gasteiger partial charge is 0.383 e. The minimum absolute atomic E-state index is 0.0253. The van der Waals surface area contributed by atoms with Gasteiger partial charge in [0, 0.05) is 36.6 Å². The molecule has 0 bridgehead atoms. The molecular weight excluding hydrogens is 416 g/mol. The minimum Gasteiger partial charge on any atom is -0.383 e. The van der Waals surface area contributed by atoms with Gasteiger partial charge in [-0.05, 0) is 56.1 Å². The number of quaternary nitrogens is 1. The van der Waals surface area contributed by atoms with Crippen molar-refractivity contribution in [3.05, 3.63) is 66.6 Å². The molecule has 1 fully saturated rings. The fourth-order valence-electron chi connectivity index (χ4n) is 4.22. The molecule has 170 valence electrons. The maximum atomic E-state index is 9.27. The highest BCUT2D eigenvalue weighted by Gasteiger charge is 2.14. The van der Waals surface area contributed by atoms with Crippen LogP contribution in [0.4, 0.5) is 17.3 Å². The number of imidazole rings is 1. The summed E-state index contributed by atoms with van der Waals surface area (Å²) in [5.41, 5.74) is 5.87. The Kier molecular flexibility index (Phi) is 6.16. The molecule has 0 aliphatic carbocycles. The van der Waals surface area contributed by atoms with Crippen molar-refractivity contribution in [3.8, 4) is 5.82 Å². The van der Waals surface area contributed by atoms with Crippen molar-refractivity contribution in [3.63, 3.8) is 0 Å². The zero-order chi connectivity index (χ0) is 22.6. The van der Waals surface area contributed by atoms with E-state index in [9.17, 15) is 5.21 Å². The van der Waals surface area contributed by atoms with Gasteiger partial charge in [0.15, 0.2) is 5.69 Å². The van der Waals surface area contributed by atoms with Gasteiger partial charge in [0.05, 0.1) is 17.1 Å². The smallest absolute Gasteiger partial charge is 0.225 e. The molecule has 1 unspecified atom stereocenters. The Morgan fingerprint density at radius 1 is 1.21 bits per heavy atom. The van der Waals surface area contributed by atoms with Crippen LogP contribution in [0.5, 0.6) is 0 Å². The number of anilines is 2. The van der Waals surface area contributed by atoms with Crippen molar-refractivity contribution in [1.82, 2.24) is 24.8 Å². The fourth-order valence-corrected chi connectivity index (χ4v) is 4.22. The first-order valence-corrected chi connectivity index (χ1v) is 11.3. The second-order valence-electron chi connectivity index (χ2n) is 8.40. The van der Waals surface area contributed by atoms with E-state index >= 15 is 0 Å². The van der Waals surface area contributed by atoms with Gasteiger partial charge in [0.1, 0.15) is 12.1 Å². The van der Waals surface area contributed by atoms with E-state index in [2.05, 4.69) is 44.1 Å². The summed E-state index contributed by atoms with van der Waals surface area (Å²) in [5, 5.41) is 19.6. The molecule has 4 aromatic rings. The second kappa shape index (κ2) is 9.53. The molecule has 6 N–H and O–H groups in total. The van der Waals surface area contributed by atoms with Gasteiger partial charge >= 0.3 is 0 Å². The van der Waals surface area contributed by atoms with E-state index in [-0.39, 0.29) is 6.04 Å². The summed E-state index contributed by atoms with van der Waals surface area (Å²) >= 11 is 0. The fraction of sp³-hybridized carbons (Fsp3) is 0.292. The third-order valence-corrected chi connectivity index (χ3v) is 6.06. The Labute approximate surface area is 192 Å². The summed E-state index contributed by atoms with van der Waals surface area (Å²) in [6, 6.07) is 16.3. The molecule has 0 saturated carbocycles. The van der Waals surface area contributed by atoms with Gasteiger partial charge in [-0.1, -0.05) is 12.1 Å². The summed E-state index contributed by atoms with van der Waals surface area (Å²) in [4.78, 5) is 13.7. The topological polar surface area (TPSA) is 117 Å². The summed E-state index contributed by atoms with van der Waals surface area (Å²) in [7, 11) is 0. The number of aromatic nitrogens is 4. The first kappa shape index (κ1) is 21.3. The van der Waals surface area contributed by atoms with Crippen LogP contribution in [0.15, 0.2) is 61.1 Å². The predicted octanol–water partition coefficient (Wildman–Crippen LogP) is 2.74. The van der Waals surface area contributed by atoms with Gasteiger partial charge in [-0.2, -0.15) is 10.5 Å². The first-order chi connectivity index (χ1) is 16.2. The molecule has 9 heteroatoms. The highest BCUT2D eigenvalue weighted by atomic mass is 16.5. The molecule has 33 heavy (non-hydrogen) atoms. The Bertz CT molecular complexity index is 1230. The third kappa shape index (κ3) is 4.80. The van der Waals surface area contributed by atoms with Gasteiger partial charge in [-0.15, -0.1) is 0 Å². The highest BCUT2D eigenvalue weighted by Crippen LogP contribution is 2.23. The van der Waals surface area contributed by atoms with Gasteiger partial charge in [0.25, 0.3) is 0 Å². The van der Waals surface area contributed by atoms with Crippen LogP contribution in [0.25, 0.3) is 16.9 Å². The minimum atomic E-state index is -0.0253. The lowest BCUT2D eigenvalue weighted by Gasteiger charge is -2.15. The van der Waals surface area contributed by atoms with E-state index in [1.807, 2.05) is 41.8 Å². The number of fused-ring (bicyclic) bond motifs is 1. The van der Waals surface area contributed by atoms with E-state index in [4.69, 9.17) is 4.98 Å². The van der Waals surface area contributed by atoms with E-state index in [1.54, 1.807) is 12.5 Å². The van der Waals surface area contributed by atoms with Gasteiger partial charge in [-0.25, -0.2) is 15.2 Å². The molecule has 1 aliphatic heterocycles. The zero-order valence-corrected chi connectivity index (χ0v) is 18.6. The van der Waals surface area contributed by atoms with Crippen LogP contribution < -0.4 is 21.4 Å². The molecule has 2 aromatic carbocycles. The molecule has 0 amide bonds. The molecular formula is C24H29N8O+. The predicted molar refractivity (Wildman–Crippen MR) is 128 cm³/mol. The van der Waals surface area contributed by atoms with E-state index in [0.29, 0.717) is 12.0 Å². The van der Waals surface area contributed by atoms with Crippen LogP contribution in [0.2, 0.25) is 0 Å². The van der Waals surface area contributed by atoms with Gasteiger partial charge in [0.2, 0.25) is 5.95 Å². The normalized spacial score (nSPS) is 16.7. The van der Waals surface area contributed by atoms with Crippen LogP contribution in [0.3, 0.4) is 0 Å². The molecule has 0 spiro atoms. The standard InChI is InChI=1S/C24H28N8O/c1-16(17-4-2-5-19(12-17)31-33)29-24-26-11-9-23(30-24)32-15-28-21-13-18(7-8-22(21)32)27-14-20-6-3-10-25-20/h2,4-5,7-9,11-13,15-16,20,25,27,31,33H,3,6,10,14H2,1H3,(H,26,29,30)/p+1/t16-,20?/m0/s1. The van der Waals surface area contributed by atoms with Crippen molar-refractivity contribution in [2.45, 2.75) is 31.8 Å².